The molecule has 1 atom stereocenters. The number of rotatable bonds is 6. The summed E-state index contributed by atoms with van der Waals surface area (Å²) in [5.74, 6) is 1.18. The SMILES string of the molecule is CSCCC(=O)N1CCO[C@H](CCc2ccccc2)C1. The van der Waals surface area contributed by atoms with E-state index in [0.29, 0.717) is 13.0 Å². The van der Waals surface area contributed by atoms with Crippen LogP contribution < -0.4 is 0 Å². The molecule has 0 spiro atoms. The molecule has 1 aromatic carbocycles. The molecule has 4 heteroatoms. The molecule has 0 N–H and O–H groups in total. The Morgan fingerprint density at radius 1 is 1.40 bits per heavy atom. The van der Waals surface area contributed by atoms with Gasteiger partial charge in [-0.2, -0.15) is 11.8 Å². The van der Waals surface area contributed by atoms with Gasteiger partial charge in [0, 0.05) is 25.3 Å². The van der Waals surface area contributed by atoms with Crippen LogP contribution in [-0.2, 0) is 16.0 Å². The van der Waals surface area contributed by atoms with Crippen molar-refractivity contribution < 1.29 is 9.53 Å². The van der Waals surface area contributed by atoms with Gasteiger partial charge in [0.2, 0.25) is 5.91 Å². The van der Waals surface area contributed by atoms with Gasteiger partial charge < -0.3 is 9.64 Å². The summed E-state index contributed by atoms with van der Waals surface area (Å²) in [6.07, 6.45) is 4.86. The van der Waals surface area contributed by atoms with Crippen LogP contribution in [0.4, 0.5) is 0 Å². The molecule has 110 valence electrons. The zero-order valence-corrected chi connectivity index (χ0v) is 12.9. The molecular formula is C16H23NO2S. The molecule has 1 aliphatic heterocycles. The topological polar surface area (TPSA) is 29.5 Å². The van der Waals surface area contributed by atoms with Crippen molar-refractivity contribution in [3.8, 4) is 0 Å². The second-order valence-corrected chi connectivity index (χ2v) is 6.09. The molecule has 1 aliphatic rings. The van der Waals surface area contributed by atoms with E-state index in [9.17, 15) is 4.79 Å². The molecule has 0 aromatic heterocycles. The molecule has 0 unspecified atom stereocenters. The van der Waals surface area contributed by atoms with E-state index >= 15 is 0 Å². The highest BCUT2D eigenvalue weighted by molar-refractivity contribution is 7.98. The van der Waals surface area contributed by atoms with Crippen molar-refractivity contribution in [1.82, 2.24) is 4.90 Å². The number of amides is 1. The van der Waals surface area contributed by atoms with E-state index in [-0.39, 0.29) is 12.0 Å². The highest BCUT2D eigenvalue weighted by atomic mass is 32.2. The first kappa shape index (κ1) is 15.4. The largest absolute Gasteiger partial charge is 0.375 e. The zero-order chi connectivity index (χ0) is 14.2. The molecule has 0 saturated carbocycles. The van der Waals surface area contributed by atoms with E-state index in [1.54, 1.807) is 11.8 Å². The zero-order valence-electron chi connectivity index (χ0n) is 12.1. The Balaban J connectivity index is 1.77. The van der Waals surface area contributed by atoms with E-state index in [1.807, 2.05) is 17.2 Å². The smallest absolute Gasteiger partial charge is 0.223 e. The standard InChI is InChI=1S/C16H23NO2S/c1-20-12-9-16(18)17-10-11-19-15(13-17)8-7-14-5-3-2-4-6-14/h2-6,15H,7-13H2,1H3/t15-/m1/s1. The maximum Gasteiger partial charge on any atom is 0.223 e. The van der Waals surface area contributed by atoms with E-state index < -0.39 is 0 Å². The number of hydrogen-bond acceptors (Lipinski definition) is 3. The number of ether oxygens (including phenoxy) is 1. The second-order valence-electron chi connectivity index (χ2n) is 5.10. The number of morpholine rings is 1. The van der Waals surface area contributed by atoms with E-state index in [4.69, 9.17) is 4.74 Å². The molecule has 0 bridgehead atoms. The quantitative estimate of drug-likeness (QED) is 0.807. The molecule has 1 fully saturated rings. The predicted octanol–water partition coefficient (Wildman–Crippen LogP) is 2.60. The summed E-state index contributed by atoms with van der Waals surface area (Å²) in [5, 5.41) is 0. The highest BCUT2D eigenvalue weighted by Gasteiger charge is 2.23. The van der Waals surface area contributed by atoms with E-state index in [1.165, 1.54) is 5.56 Å². The first-order chi connectivity index (χ1) is 9.79. The average Bonchev–Trinajstić information content (AvgIpc) is 2.52. The lowest BCUT2D eigenvalue weighted by atomic mass is 10.1. The summed E-state index contributed by atoms with van der Waals surface area (Å²) in [4.78, 5) is 14.0. The van der Waals surface area contributed by atoms with Crippen LogP contribution in [0.15, 0.2) is 30.3 Å². The van der Waals surface area contributed by atoms with Crippen LogP contribution in [0.1, 0.15) is 18.4 Å². The second kappa shape index (κ2) is 8.32. The third kappa shape index (κ3) is 4.84. The fraction of sp³-hybridized carbons (Fsp3) is 0.562. The summed E-state index contributed by atoms with van der Waals surface area (Å²) < 4.78 is 5.79. The molecule has 2 rings (SSSR count). The third-order valence-corrected chi connectivity index (χ3v) is 4.22. The molecular weight excluding hydrogens is 270 g/mol. The van der Waals surface area contributed by atoms with Gasteiger partial charge in [0.25, 0.3) is 0 Å². The Bertz CT molecular complexity index is 410. The van der Waals surface area contributed by atoms with Crippen LogP contribution in [0.5, 0.6) is 0 Å². The molecule has 1 saturated heterocycles. The fourth-order valence-corrected chi connectivity index (χ4v) is 2.82. The summed E-state index contributed by atoms with van der Waals surface area (Å²) >= 11 is 1.72. The van der Waals surface area contributed by atoms with Crippen LogP contribution in [0.2, 0.25) is 0 Å². The van der Waals surface area contributed by atoms with Crippen molar-refractivity contribution in [2.45, 2.75) is 25.4 Å². The van der Waals surface area contributed by atoms with Crippen molar-refractivity contribution in [2.75, 3.05) is 31.7 Å². The predicted molar refractivity (Wildman–Crippen MR) is 84.1 cm³/mol. The number of carbonyl (C=O) groups excluding carboxylic acids is 1. The maximum absolute atomic E-state index is 12.0. The molecule has 20 heavy (non-hydrogen) atoms. The Morgan fingerprint density at radius 2 is 2.20 bits per heavy atom. The van der Waals surface area contributed by atoms with Crippen LogP contribution in [0, 0.1) is 0 Å². The minimum atomic E-state index is 0.183. The highest BCUT2D eigenvalue weighted by Crippen LogP contribution is 2.14. The van der Waals surface area contributed by atoms with E-state index in [2.05, 4.69) is 24.3 Å². The van der Waals surface area contributed by atoms with Gasteiger partial charge in [0.15, 0.2) is 0 Å². The summed E-state index contributed by atoms with van der Waals surface area (Å²) in [6, 6.07) is 10.5. The molecule has 0 aliphatic carbocycles. The van der Waals surface area contributed by atoms with Crippen molar-refractivity contribution in [2.24, 2.45) is 0 Å². The Morgan fingerprint density at radius 3 is 2.95 bits per heavy atom. The van der Waals surface area contributed by atoms with Gasteiger partial charge in [0.1, 0.15) is 0 Å². The molecule has 1 amide bonds. The number of hydrogen-bond donors (Lipinski definition) is 0. The number of nitrogens with zero attached hydrogens (tertiary/aromatic N) is 1. The van der Waals surface area contributed by atoms with Crippen molar-refractivity contribution >= 4 is 17.7 Å². The van der Waals surface area contributed by atoms with Gasteiger partial charge in [-0.25, -0.2) is 0 Å². The van der Waals surface area contributed by atoms with Crippen molar-refractivity contribution in [3.63, 3.8) is 0 Å². The van der Waals surface area contributed by atoms with Crippen molar-refractivity contribution in [1.29, 1.82) is 0 Å². The Kier molecular flexibility index (Phi) is 6.40. The first-order valence-electron chi connectivity index (χ1n) is 7.22. The van der Waals surface area contributed by atoms with E-state index in [0.717, 1.165) is 31.7 Å². The Labute approximate surface area is 125 Å². The molecule has 3 nitrogen and oxygen atoms in total. The monoisotopic (exact) mass is 293 g/mol. The Hall–Kier alpha value is -1.00. The molecule has 0 radical (unpaired) electrons. The lowest BCUT2D eigenvalue weighted by molar-refractivity contribution is -0.138. The van der Waals surface area contributed by atoms with Gasteiger partial charge in [0.05, 0.1) is 12.7 Å². The van der Waals surface area contributed by atoms with Crippen LogP contribution in [0.3, 0.4) is 0 Å². The molecule has 1 aromatic rings. The maximum atomic E-state index is 12.0. The average molecular weight is 293 g/mol. The van der Waals surface area contributed by atoms with Gasteiger partial charge in [-0.3, -0.25) is 4.79 Å². The normalized spacial score (nSPS) is 19.1. The minimum absolute atomic E-state index is 0.183. The lowest BCUT2D eigenvalue weighted by Crippen LogP contribution is -2.45. The molecule has 1 heterocycles. The number of benzene rings is 1. The van der Waals surface area contributed by atoms with Gasteiger partial charge >= 0.3 is 0 Å². The van der Waals surface area contributed by atoms with Crippen LogP contribution in [-0.4, -0.2) is 48.6 Å². The van der Waals surface area contributed by atoms with Gasteiger partial charge in [-0.05, 0) is 24.7 Å². The van der Waals surface area contributed by atoms with Gasteiger partial charge in [-0.1, -0.05) is 30.3 Å². The minimum Gasteiger partial charge on any atom is -0.375 e. The summed E-state index contributed by atoms with van der Waals surface area (Å²) in [6.45, 7) is 2.17. The number of thioether (sulfide) groups is 1. The summed E-state index contributed by atoms with van der Waals surface area (Å²) in [7, 11) is 0. The number of aryl methyl sites for hydroxylation is 1. The third-order valence-electron chi connectivity index (χ3n) is 3.61. The fourth-order valence-electron chi connectivity index (χ4n) is 2.44. The van der Waals surface area contributed by atoms with Crippen LogP contribution >= 0.6 is 11.8 Å². The first-order valence-corrected chi connectivity index (χ1v) is 8.61. The lowest BCUT2D eigenvalue weighted by Gasteiger charge is -2.33. The summed E-state index contributed by atoms with van der Waals surface area (Å²) in [5.41, 5.74) is 1.34. The van der Waals surface area contributed by atoms with Crippen LogP contribution in [0.25, 0.3) is 0 Å². The van der Waals surface area contributed by atoms with Crippen molar-refractivity contribution in [3.05, 3.63) is 35.9 Å². The number of carbonyl (C=O) groups is 1. The van der Waals surface area contributed by atoms with Gasteiger partial charge in [-0.15, -0.1) is 0 Å².